The van der Waals surface area contributed by atoms with E-state index in [0.717, 1.165) is 24.3 Å². The second kappa shape index (κ2) is 3.76. The number of thioether (sulfide) groups is 1. The molecular formula is C11H14ClNS. The van der Waals surface area contributed by atoms with Crippen LogP contribution in [-0.2, 0) is 6.42 Å². The molecule has 0 aromatic heterocycles. The van der Waals surface area contributed by atoms with Crippen LogP contribution in [0.2, 0.25) is 5.02 Å². The van der Waals surface area contributed by atoms with E-state index in [1.54, 1.807) is 11.8 Å². The van der Waals surface area contributed by atoms with E-state index in [2.05, 4.69) is 12.3 Å². The first-order chi connectivity index (χ1) is 6.64. The van der Waals surface area contributed by atoms with Gasteiger partial charge in [-0.1, -0.05) is 17.7 Å². The molecule has 1 aromatic carbocycles. The Bertz CT molecular complexity index is 347. The molecule has 0 heterocycles. The monoisotopic (exact) mass is 227 g/mol. The van der Waals surface area contributed by atoms with Gasteiger partial charge in [-0.3, -0.25) is 0 Å². The van der Waals surface area contributed by atoms with Crippen LogP contribution in [0.4, 0.5) is 0 Å². The van der Waals surface area contributed by atoms with Gasteiger partial charge in [0.25, 0.3) is 0 Å². The van der Waals surface area contributed by atoms with Crippen molar-refractivity contribution in [3.8, 4) is 0 Å². The van der Waals surface area contributed by atoms with Crippen molar-refractivity contribution in [3.05, 3.63) is 28.8 Å². The van der Waals surface area contributed by atoms with E-state index in [-0.39, 0.29) is 5.54 Å². The lowest BCUT2D eigenvalue weighted by atomic mass is 10.1. The molecule has 1 nitrogen and oxygen atoms in total. The number of hydrogen-bond acceptors (Lipinski definition) is 2. The summed E-state index contributed by atoms with van der Waals surface area (Å²) in [7, 11) is 0. The van der Waals surface area contributed by atoms with E-state index in [1.807, 2.05) is 12.1 Å². The van der Waals surface area contributed by atoms with E-state index in [4.69, 9.17) is 17.3 Å². The molecule has 2 rings (SSSR count). The lowest BCUT2D eigenvalue weighted by Crippen LogP contribution is -2.24. The van der Waals surface area contributed by atoms with Gasteiger partial charge in [-0.25, -0.2) is 0 Å². The van der Waals surface area contributed by atoms with Crippen molar-refractivity contribution < 1.29 is 0 Å². The van der Waals surface area contributed by atoms with Crippen molar-refractivity contribution in [1.82, 2.24) is 0 Å². The molecular weight excluding hydrogens is 214 g/mol. The molecule has 1 fully saturated rings. The summed E-state index contributed by atoms with van der Waals surface area (Å²) < 4.78 is 0. The number of benzene rings is 1. The third kappa shape index (κ3) is 2.08. The highest BCUT2D eigenvalue weighted by Crippen LogP contribution is 2.39. The first kappa shape index (κ1) is 10.3. The SMILES string of the molecule is CSc1cccc(Cl)c1CC1(N)CC1. The minimum Gasteiger partial charge on any atom is -0.325 e. The molecule has 0 amide bonds. The van der Waals surface area contributed by atoms with Crippen LogP contribution >= 0.6 is 23.4 Å². The average Bonchev–Trinajstić information content (AvgIpc) is 2.88. The molecule has 0 saturated heterocycles. The quantitative estimate of drug-likeness (QED) is 0.804. The van der Waals surface area contributed by atoms with Gasteiger partial charge in [-0.15, -0.1) is 11.8 Å². The molecule has 1 aliphatic carbocycles. The Balaban J connectivity index is 2.29. The number of rotatable bonds is 3. The molecule has 14 heavy (non-hydrogen) atoms. The van der Waals surface area contributed by atoms with Crippen LogP contribution in [0.3, 0.4) is 0 Å². The highest BCUT2D eigenvalue weighted by Gasteiger charge is 2.38. The number of halogens is 1. The summed E-state index contributed by atoms with van der Waals surface area (Å²) in [5.74, 6) is 0. The molecule has 0 atom stereocenters. The smallest absolute Gasteiger partial charge is 0.0449 e. The van der Waals surface area contributed by atoms with E-state index in [0.29, 0.717) is 0 Å². The van der Waals surface area contributed by atoms with Gasteiger partial charge < -0.3 is 5.73 Å². The summed E-state index contributed by atoms with van der Waals surface area (Å²) >= 11 is 7.91. The zero-order chi connectivity index (χ0) is 10.2. The maximum Gasteiger partial charge on any atom is 0.0449 e. The zero-order valence-electron chi connectivity index (χ0n) is 8.22. The fourth-order valence-corrected chi connectivity index (χ4v) is 2.53. The Morgan fingerprint density at radius 1 is 1.50 bits per heavy atom. The van der Waals surface area contributed by atoms with E-state index in [9.17, 15) is 0 Å². The van der Waals surface area contributed by atoms with Gasteiger partial charge in [0.15, 0.2) is 0 Å². The summed E-state index contributed by atoms with van der Waals surface area (Å²) in [5, 5.41) is 0.855. The molecule has 1 aromatic rings. The van der Waals surface area contributed by atoms with Gasteiger partial charge in [-0.2, -0.15) is 0 Å². The van der Waals surface area contributed by atoms with Crippen LogP contribution in [0.25, 0.3) is 0 Å². The Morgan fingerprint density at radius 2 is 2.21 bits per heavy atom. The minimum atomic E-state index is 0.0372. The van der Waals surface area contributed by atoms with E-state index in [1.165, 1.54) is 10.5 Å². The molecule has 0 radical (unpaired) electrons. The maximum absolute atomic E-state index is 6.17. The van der Waals surface area contributed by atoms with Gasteiger partial charge in [0.1, 0.15) is 0 Å². The molecule has 0 bridgehead atoms. The van der Waals surface area contributed by atoms with Gasteiger partial charge in [0.2, 0.25) is 0 Å². The van der Waals surface area contributed by atoms with Crippen molar-refractivity contribution in [1.29, 1.82) is 0 Å². The molecule has 1 saturated carbocycles. The van der Waals surface area contributed by atoms with Crippen LogP contribution in [0, 0.1) is 0 Å². The fraction of sp³-hybridized carbons (Fsp3) is 0.455. The first-order valence-electron chi connectivity index (χ1n) is 4.75. The summed E-state index contributed by atoms with van der Waals surface area (Å²) in [6, 6.07) is 6.05. The molecule has 2 N–H and O–H groups in total. The lowest BCUT2D eigenvalue weighted by molar-refractivity contribution is 0.665. The molecule has 76 valence electrons. The Labute approximate surface area is 94.0 Å². The van der Waals surface area contributed by atoms with Crippen molar-refractivity contribution in [3.63, 3.8) is 0 Å². The topological polar surface area (TPSA) is 26.0 Å². The fourth-order valence-electron chi connectivity index (χ4n) is 1.59. The van der Waals surface area contributed by atoms with Crippen LogP contribution in [0.1, 0.15) is 18.4 Å². The number of nitrogens with two attached hydrogens (primary N) is 1. The third-order valence-corrected chi connectivity index (χ3v) is 3.89. The first-order valence-corrected chi connectivity index (χ1v) is 6.35. The zero-order valence-corrected chi connectivity index (χ0v) is 9.79. The Morgan fingerprint density at radius 3 is 2.79 bits per heavy atom. The van der Waals surface area contributed by atoms with Crippen molar-refractivity contribution in [2.24, 2.45) is 5.73 Å². The van der Waals surface area contributed by atoms with Gasteiger partial charge in [-0.05, 0) is 43.2 Å². The molecule has 0 aliphatic heterocycles. The van der Waals surface area contributed by atoms with E-state index < -0.39 is 0 Å². The molecule has 0 spiro atoms. The predicted octanol–water partition coefficient (Wildman–Crippen LogP) is 3.10. The van der Waals surface area contributed by atoms with Crippen molar-refractivity contribution >= 4 is 23.4 Å². The largest absolute Gasteiger partial charge is 0.325 e. The van der Waals surface area contributed by atoms with Crippen LogP contribution < -0.4 is 5.73 Å². The van der Waals surface area contributed by atoms with Crippen LogP contribution in [0.15, 0.2) is 23.1 Å². The minimum absolute atomic E-state index is 0.0372. The van der Waals surface area contributed by atoms with Crippen LogP contribution in [-0.4, -0.2) is 11.8 Å². The summed E-state index contributed by atoms with van der Waals surface area (Å²) in [4.78, 5) is 1.26. The number of hydrogen-bond donors (Lipinski definition) is 1. The lowest BCUT2D eigenvalue weighted by Gasteiger charge is -2.13. The standard InChI is InChI=1S/C11H14ClNS/c1-14-10-4-2-3-9(12)8(10)7-11(13)5-6-11/h2-4H,5-7,13H2,1H3. The highest BCUT2D eigenvalue weighted by molar-refractivity contribution is 7.98. The van der Waals surface area contributed by atoms with E-state index >= 15 is 0 Å². The summed E-state index contributed by atoms with van der Waals surface area (Å²) in [5.41, 5.74) is 7.36. The molecule has 3 heteroatoms. The normalized spacial score (nSPS) is 18.2. The third-order valence-electron chi connectivity index (χ3n) is 2.72. The molecule has 0 unspecified atom stereocenters. The van der Waals surface area contributed by atoms with Crippen molar-refractivity contribution in [2.75, 3.05) is 6.26 Å². The van der Waals surface area contributed by atoms with Gasteiger partial charge in [0, 0.05) is 15.5 Å². The van der Waals surface area contributed by atoms with Crippen LogP contribution in [0.5, 0.6) is 0 Å². The van der Waals surface area contributed by atoms with Gasteiger partial charge >= 0.3 is 0 Å². The molecule has 1 aliphatic rings. The second-order valence-corrected chi connectivity index (χ2v) is 5.22. The maximum atomic E-state index is 6.17. The highest BCUT2D eigenvalue weighted by atomic mass is 35.5. The van der Waals surface area contributed by atoms with Gasteiger partial charge in [0.05, 0.1) is 0 Å². The average molecular weight is 228 g/mol. The second-order valence-electron chi connectivity index (χ2n) is 3.96. The Hall–Kier alpha value is -0.180. The van der Waals surface area contributed by atoms with Crippen molar-refractivity contribution in [2.45, 2.75) is 29.7 Å². The summed E-state index contributed by atoms with van der Waals surface area (Å²) in [6.07, 6.45) is 5.26. The predicted molar refractivity (Wildman–Crippen MR) is 63.1 cm³/mol. The summed E-state index contributed by atoms with van der Waals surface area (Å²) in [6.45, 7) is 0. The Kier molecular flexibility index (Phi) is 2.78.